The zero-order valence-corrected chi connectivity index (χ0v) is 12.2. The van der Waals surface area contributed by atoms with Crippen LogP contribution in [-0.4, -0.2) is 9.97 Å². The van der Waals surface area contributed by atoms with Gasteiger partial charge in [-0.15, -0.1) is 0 Å². The van der Waals surface area contributed by atoms with Gasteiger partial charge >= 0.3 is 0 Å². The molecule has 1 heterocycles. The normalized spacial score (nSPS) is 10.1. The molecule has 1 aromatic carbocycles. The molecular weight excluding hydrogens is 310 g/mol. The molecule has 0 amide bonds. The van der Waals surface area contributed by atoms with E-state index in [1.807, 2.05) is 25.1 Å². The lowest BCUT2D eigenvalue weighted by Crippen LogP contribution is -2.12. The van der Waals surface area contributed by atoms with E-state index in [0.29, 0.717) is 4.99 Å². The Bertz CT molecular complexity index is 599. The summed E-state index contributed by atoms with van der Waals surface area (Å²) in [6.07, 6.45) is 3.38. The number of pyridine rings is 1. The Kier molecular flexibility index (Phi) is 3.93. The molecule has 0 saturated heterocycles. The molecule has 2 aromatic rings. The van der Waals surface area contributed by atoms with Crippen LogP contribution in [0.25, 0.3) is 0 Å². The number of aromatic nitrogens is 1. The van der Waals surface area contributed by atoms with Crippen molar-refractivity contribution < 1.29 is 0 Å². The summed E-state index contributed by atoms with van der Waals surface area (Å²) in [5.74, 6) is 0. The van der Waals surface area contributed by atoms with Crippen LogP contribution in [0.3, 0.4) is 0 Å². The molecule has 0 aliphatic carbocycles. The molecule has 0 spiro atoms. The van der Waals surface area contributed by atoms with E-state index < -0.39 is 0 Å². The maximum absolute atomic E-state index is 5.69. The van der Waals surface area contributed by atoms with Crippen LogP contribution in [0, 0.1) is 6.92 Å². The van der Waals surface area contributed by atoms with Crippen molar-refractivity contribution in [3.05, 3.63) is 52.3 Å². The van der Waals surface area contributed by atoms with Crippen molar-refractivity contribution in [2.24, 2.45) is 5.73 Å². The molecule has 0 radical (unpaired) electrons. The summed E-state index contributed by atoms with van der Waals surface area (Å²) in [4.78, 5) is 4.43. The highest BCUT2D eigenvalue weighted by atomic mass is 79.9. The number of hydrogen-bond acceptors (Lipinski definition) is 3. The second-order valence-corrected chi connectivity index (χ2v) is 5.08. The van der Waals surface area contributed by atoms with E-state index in [-0.39, 0.29) is 0 Å². The van der Waals surface area contributed by atoms with Gasteiger partial charge in [-0.25, -0.2) is 0 Å². The Morgan fingerprint density at radius 2 is 2.11 bits per heavy atom. The van der Waals surface area contributed by atoms with Crippen molar-refractivity contribution in [2.75, 3.05) is 5.32 Å². The minimum Gasteiger partial charge on any atom is -0.389 e. The third kappa shape index (κ3) is 2.68. The van der Waals surface area contributed by atoms with Gasteiger partial charge in [0.05, 0.1) is 17.6 Å². The predicted octanol–water partition coefficient (Wildman–Crippen LogP) is 3.53. The van der Waals surface area contributed by atoms with Crippen LogP contribution in [-0.2, 0) is 0 Å². The fraction of sp³-hybridized carbons (Fsp3) is 0.0769. The van der Waals surface area contributed by atoms with E-state index in [2.05, 4.69) is 26.2 Å². The molecule has 0 atom stereocenters. The van der Waals surface area contributed by atoms with Crippen molar-refractivity contribution in [2.45, 2.75) is 6.92 Å². The molecule has 3 N–H and O–H groups in total. The summed E-state index contributed by atoms with van der Waals surface area (Å²) in [6.45, 7) is 2.03. The van der Waals surface area contributed by atoms with Crippen LogP contribution >= 0.6 is 28.1 Å². The predicted molar refractivity (Wildman–Crippen MR) is 82.3 cm³/mol. The van der Waals surface area contributed by atoms with Gasteiger partial charge < -0.3 is 11.1 Å². The second kappa shape index (κ2) is 5.46. The van der Waals surface area contributed by atoms with E-state index in [1.54, 1.807) is 18.5 Å². The fourth-order valence-electron chi connectivity index (χ4n) is 1.60. The molecule has 0 saturated carbocycles. The summed E-state index contributed by atoms with van der Waals surface area (Å²) in [7, 11) is 0. The first-order chi connectivity index (χ1) is 8.59. The van der Waals surface area contributed by atoms with E-state index in [4.69, 9.17) is 18.0 Å². The number of thiocarbonyl (C=S) groups is 1. The Morgan fingerprint density at radius 1 is 1.33 bits per heavy atom. The highest BCUT2D eigenvalue weighted by Crippen LogP contribution is 2.29. The van der Waals surface area contributed by atoms with Gasteiger partial charge in [0.2, 0.25) is 0 Å². The van der Waals surface area contributed by atoms with Gasteiger partial charge in [-0.05, 0) is 40.5 Å². The Balaban J connectivity index is 2.40. The van der Waals surface area contributed by atoms with Gasteiger partial charge in [0.15, 0.2) is 0 Å². The lowest BCUT2D eigenvalue weighted by Gasteiger charge is -2.13. The Labute approximate surface area is 120 Å². The van der Waals surface area contributed by atoms with Crippen molar-refractivity contribution in [3.63, 3.8) is 0 Å². The highest BCUT2D eigenvalue weighted by Gasteiger charge is 2.07. The largest absolute Gasteiger partial charge is 0.389 e. The number of anilines is 2. The topological polar surface area (TPSA) is 50.9 Å². The summed E-state index contributed by atoms with van der Waals surface area (Å²) in [6, 6.07) is 7.80. The number of nitrogens with two attached hydrogens (primary N) is 1. The lowest BCUT2D eigenvalue weighted by molar-refractivity contribution is 1.31. The van der Waals surface area contributed by atoms with Gasteiger partial charge in [-0.2, -0.15) is 0 Å². The van der Waals surface area contributed by atoms with Crippen LogP contribution in [0.5, 0.6) is 0 Å². The first-order valence-electron chi connectivity index (χ1n) is 5.35. The minimum atomic E-state index is 0.351. The van der Waals surface area contributed by atoms with Crippen LogP contribution < -0.4 is 11.1 Å². The molecule has 92 valence electrons. The average Bonchev–Trinajstić information content (AvgIpc) is 2.35. The van der Waals surface area contributed by atoms with E-state index in [1.165, 1.54) is 0 Å². The second-order valence-electron chi connectivity index (χ2n) is 3.85. The minimum absolute atomic E-state index is 0.351. The molecule has 0 bridgehead atoms. The molecule has 0 fully saturated rings. The van der Waals surface area contributed by atoms with Gasteiger partial charge in [0, 0.05) is 16.2 Å². The first-order valence-corrected chi connectivity index (χ1v) is 6.55. The Morgan fingerprint density at radius 3 is 2.83 bits per heavy atom. The number of nitrogens with one attached hydrogen (secondary N) is 1. The maximum Gasteiger partial charge on any atom is 0.106 e. The van der Waals surface area contributed by atoms with Crippen LogP contribution in [0.4, 0.5) is 11.4 Å². The molecular formula is C13H12BrN3S. The maximum atomic E-state index is 5.69. The smallest absolute Gasteiger partial charge is 0.106 e. The highest BCUT2D eigenvalue weighted by molar-refractivity contribution is 9.10. The molecule has 0 aliphatic rings. The van der Waals surface area contributed by atoms with Crippen LogP contribution in [0.1, 0.15) is 11.1 Å². The van der Waals surface area contributed by atoms with Crippen LogP contribution in [0.15, 0.2) is 41.1 Å². The third-order valence-electron chi connectivity index (χ3n) is 2.55. The molecule has 3 nitrogen and oxygen atoms in total. The number of nitrogens with zero attached hydrogens (tertiary/aromatic N) is 1. The van der Waals surface area contributed by atoms with Crippen molar-refractivity contribution in [1.29, 1.82) is 0 Å². The molecule has 18 heavy (non-hydrogen) atoms. The molecule has 1 aromatic heterocycles. The number of benzene rings is 1. The molecule has 0 aliphatic heterocycles. The zero-order valence-electron chi connectivity index (χ0n) is 9.77. The van der Waals surface area contributed by atoms with Crippen LogP contribution in [0.2, 0.25) is 0 Å². The summed E-state index contributed by atoms with van der Waals surface area (Å²) in [5, 5.41) is 3.29. The number of rotatable bonds is 3. The quantitative estimate of drug-likeness (QED) is 0.849. The zero-order chi connectivity index (χ0) is 13.1. The average molecular weight is 322 g/mol. The van der Waals surface area contributed by atoms with Gasteiger partial charge in [0.1, 0.15) is 4.99 Å². The van der Waals surface area contributed by atoms with E-state index in [9.17, 15) is 0 Å². The number of aryl methyl sites for hydroxylation is 1. The monoisotopic (exact) mass is 321 g/mol. The fourth-order valence-corrected chi connectivity index (χ4v) is 2.14. The third-order valence-corrected chi connectivity index (χ3v) is 3.82. The van der Waals surface area contributed by atoms with Gasteiger partial charge in [-0.3, -0.25) is 4.98 Å². The summed E-state index contributed by atoms with van der Waals surface area (Å²) >= 11 is 8.57. The van der Waals surface area contributed by atoms with Gasteiger partial charge in [-0.1, -0.05) is 24.4 Å². The molecule has 5 heteroatoms. The van der Waals surface area contributed by atoms with Crippen molar-refractivity contribution >= 4 is 44.5 Å². The van der Waals surface area contributed by atoms with E-state index >= 15 is 0 Å². The SMILES string of the molecule is Cc1cccc(Nc2cnccc2C(N)=S)c1Br. The van der Waals surface area contributed by atoms with E-state index in [0.717, 1.165) is 27.0 Å². The molecule has 2 rings (SSSR count). The number of hydrogen-bond donors (Lipinski definition) is 2. The molecule has 0 unspecified atom stereocenters. The summed E-state index contributed by atoms with van der Waals surface area (Å²) in [5.41, 5.74) is 9.39. The first kappa shape index (κ1) is 13.0. The van der Waals surface area contributed by atoms with Crippen molar-refractivity contribution in [3.8, 4) is 0 Å². The van der Waals surface area contributed by atoms with Crippen molar-refractivity contribution in [1.82, 2.24) is 4.98 Å². The standard InChI is InChI=1S/C13H12BrN3S/c1-8-3-2-4-10(12(8)14)17-11-7-16-6-5-9(11)13(15)18/h2-7,17H,1H3,(H2,15,18). The number of halogens is 1. The Hall–Kier alpha value is -1.46. The lowest BCUT2D eigenvalue weighted by atomic mass is 10.2. The van der Waals surface area contributed by atoms with Gasteiger partial charge in [0.25, 0.3) is 0 Å². The summed E-state index contributed by atoms with van der Waals surface area (Å²) < 4.78 is 1.02.